The molecule has 2 aromatic rings. The summed E-state index contributed by atoms with van der Waals surface area (Å²) in [4.78, 5) is 2.61. The van der Waals surface area contributed by atoms with E-state index < -0.39 is 6.10 Å². The first kappa shape index (κ1) is 14.5. The monoisotopic (exact) mass is 436 g/mol. The largest absolute Gasteiger partial charge is 0.388 e. The molecule has 0 aliphatic carbocycles. The van der Waals surface area contributed by atoms with Gasteiger partial charge in [-0.2, -0.15) is 0 Å². The summed E-state index contributed by atoms with van der Waals surface area (Å²) in [5.41, 5.74) is 0.966. The Hall–Kier alpha value is 0.0900. The van der Waals surface area contributed by atoms with Gasteiger partial charge in [-0.05, 0) is 64.9 Å². The molecular formula is C14H14BrIOS. The van der Waals surface area contributed by atoms with Crippen molar-refractivity contribution in [3.63, 3.8) is 0 Å². The number of hydrogen-bond donors (Lipinski definition) is 1. The molecule has 1 heterocycles. The van der Waals surface area contributed by atoms with E-state index in [-0.39, 0.29) is 0 Å². The number of rotatable bonds is 4. The summed E-state index contributed by atoms with van der Waals surface area (Å²) in [5, 5.41) is 10.3. The lowest BCUT2D eigenvalue weighted by Gasteiger charge is -2.12. The van der Waals surface area contributed by atoms with Gasteiger partial charge in [-0.3, -0.25) is 0 Å². The molecule has 96 valence electrons. The van der Waals surface area contributed by atoms with E-state index in [0.717, 1.165) is 20.0 Å². The van der Waals surface area contributed by atoms with Gasteiger partial charge in [0, 0.05) is 24.2 Å². The summed E-state index contributed by atoms with van der Waals surface area (Å²) in [6.07, 6.45) is 1.30. The highest BCUT2D eigenvalue weighted by Crippen LogP contribution is 2.29. The molecule has 1 atom stereocenters. The Labute approximate surface area is 134 Å². The molecule has 0 bridgehead atoms. The fourth-order valence-electron chi connectivity index (χ4n) is 1.79. The van der Waals surface area contributed by atoms with Crippen molar-refractivity contribution in [2.24, 2.45) is 0 Å². The van der Waals surface area contributed by atoms with Crippen LogP contribution >= 0.6 is 49.9 Å². The first-order valence-corrected chi connectivity index (χ1v) is 8.49. The fourth-order valence-corrected chi connectivity index (χ4v) is 3.81. The van der Waals surface area contributed by atoms with Crippen molar-refractivity contribution >= 4 is 49.9 Å². The van der Waals surface area contributed by atoms with Crippen LogP contribution < -0.4 is 0 Å². The predicted octanol–water partition coefficient (Wildman–Crippen LogP) is 4.95. The lowest BCUT2D eigenvalue weighted by Crippen LogP contribution is -2.02. The molecule has 0 aliphatic rings. The molecule has 0 saturated heterocycles. The van der Waals surface area contributed by atoms with Crippen molar-refractivity contribution in [1.29, 1.82) is 0 Å². The van der Waals surface area contributed by atoms with Crippen molar-refractivity contribution < 1.29 is 5.11 Å². The SMILES string of the molecule is CCc1ccc(CC(O)c2cc(I)ccc2Br)s1. The molecular weight excluding hydrogens is 423 g/mol. The van der Waals surface area contributed by atoms with Gasteiger partial charge in [0.2, 0.25) is 0 Å². The number of aliphatic hydroxyl groups excluding tert-OH is 1. The van der Waals surface area contributed by atoms with Gasteiger partial charge in [0.25, 0.3) is 0 Å². The number of benzene rings is 1. The second-order valence-electron chi connectivity index (χ2n) is 4.11. The lowest BCUT2D eigenvalue weighted by molar-refractivity contribution is 0.178. The maximum Gasteiger partial charge on any atom is 0.0849 e. The van der Waals surface area contributed by atoms with E-state index >= 15 is 0 Å². The Morgan fingerprint density at radius 1 is 1.28 bits per heavy atom. The zero-order valence-electron chi connectivity index (χ0n) is 9.99. The van der Waals surface area contributed by atoms with E-state index in [9.17, 15) is 5.11 Å². The third-order valence-corrected chi connectivity index (χ3v) is 5.42. The fraction of sp³-hybridized carbons (Fsp3) is 0.286. The standard InChI is InChI=1S/C14H14BrIOS/c1-2-10-4-5-11(18-10)8-14(17)12-7-9(16)3-6-13(12)15/h3-7,14,17H,2,8H2,1H3. The highest BCUT2D eigenvalue weighted by molar-refractivity contribution is 14.1. The molecule has 1 unspecified atom stereocenters. The molecule has 1 nitrogen and oxygen atoms in total. The Morgan fingerprint density at radius 2 is 2.00 bits per heavy atom. The van der Waals surface area contributed by atoms with Gasteiger partial charge in [-0.1, -0.05) is 22.9 Å². The van der Waals surface area contributed by atoms with E-state index in [4.69, 9.17) is 0 Å². The highest BCUT2D eigenvalue weighted by Gasteiger charge is 2.13. The van der Waals surface area contributed by atoms with Gasteiger partial charge in [0.05, 0.1) is 6.10 Å². The average Bonchev–Trinajstić information content (AvgIpc) is 2.80. The van der Waals surface area contributed by atoms with Crippen molar-refractivity contribution in [3.05, 3.63) is 53.7 Å². The van der Waals surface area contributed by atoms with Crippen molar-refractivity contribution in [2.45, 2.75) is 25.9 Å². The van der Waals surface area contributed by atoms with E-state index in [0.29, 0.717) is 6.42 Å². The summed E-state index contributed by atoms with van der Waals surface area (Å²) in [6, 6.07) is 10.3. The number of hydrogen-bond acceptors (Lipinski definition) is 2. The van der Waals surface area contributed by atoms with Gasteiger partial charge in [-0.25, -0.2) is 0 Å². The van der Waals surface area contributed by atoms with Crippen molar-refractivity contribution in [1.82, 2.24) is 0 Å². The summed E-state index contributed by atoms with van der Waals surface area (Å²) in [7, 11) is 0. The first-order chi connectivity index (χ1) is 8.60. The Bertz CT molecular complexity index is 538. The number of halogens is 2. The molecule has 1 N–H and O–H groups in total. The van der Waals surface area contributed by atoms with Crippen LogP contribution in [-0.2, 0) is 12.8 Å². The molecule has 0 radical (unpaired) electrons. The molecule has 1 aromatic heterocycles. The van der Waals surface area contributed by atoms with Crippen LogP contribution in [0.3, 0.4) is 0 Å². The third kappa shape index (κ3) is 3.56. The predicted molar refractivity (Wildman–Crippen MR) is 89.2 cm³/mol. The second-order valence-corrected chi connectivity index (χ2v) is 7.46. The zero-order valence-corrected chi connectivity index (χ0v) is 14.5. The van der Waals surface area contributed by atoms with Crippen LogP contribution in [-0.4, -0.2) is 5.11 Å². The smallest absolute Gasteiger partial charge is 0.0849 e. The van der Waals surface area contributed by atoms with E-state index in [1.807, 2.05) is 18.2 Å². The maximum atomic E-state index is 10.3. The third-order valence-electron chi connectivity index (χ3n) is 2.78. The van der Waals surface area contributed by atoms with Crippen LogP contribution in [0, 0.1) is 3.57 Å². The van der Waals surface area contributed by atoms with Crippen LogP contribution in [0.2, 0.25) is 0 Å². The molecule has 4 heteroatoms. The van der Waals surface area contributed by atoms with Crippen molar-refractivity contribution in [2.75, 3.05) is 0 Å². The second kappa shape index (κ2) is 6.50. The lowest BCUT2D eigenvalue weighted by atomic mass is 10.1. The molecule has 0 fully saturated rings. The summed E-state index contributed by atoms with van der Waals surface area (Å²) < 4.78 is 2.12. The van der Waals surface area contributed by atoms with Crippen LogP contribution in [0.25, 0.3) is 0 Å². The molecule has 0 amide bonds. The van der Waals surface area contributed by atoms with E-state index in [1.165, 1.54) is 9.75 Å². The van der Waals surface area contributed by atoms with Crippen LogP contribution in [0.5, 0.6) is 0 Å². The van der Waals surface area contributed by atoms with Crippen LogP contribution in [0.1, 0.15) is 28.3 Å². The van der Waals surface area contributed by atoms with Crippen LogP contribution in [0.15, 0.2) is 34.8 Å². The summed E-state index contributed by atoms with van der Waals surface area (Å²) in [5.74, 6) is 0. The topological polar surface area (TPSA) is 20.2 Å². The summed E-state index contributed by atoms with van der Waals surface area (Å²) in [6.45, 7) is 2.15. The number of thiophene rings is 1. The molecule has 0 spiro atoms. The molecule has 18 heavy (non-hydrogen) atoms. The Balaban J connectivity index is 2.16. The summed E-state index contributed by atoms with van der Waals surface area (Å²) >= 11 is 7.56. The molecule has 1 aromatic carbocycles. The minimum atomic E-state index is -0.447. The maximum absolute atomic E-state index is 10.3. The quantitative estimate of drug-likeness (QED) is 0.672. The average molecular weight is 437 g/mol. The number of aliphatic hydroxyl groups is 1. The molecule has 0 saturated carbocycles. The number of aryl methyl sites for hydroxylation is 1. The van der Waals surface area contributed by atoms with E-state index in [2.05, 4.69) is 57.6 Å². The van der Waals surface area contributed by atoms with Gasteiger partial charge < -0.3 is 5.11 Å². The molecule has 0 aliphatic heterocycles. The Morgan fingerprint density at radius 3 is 2.67 bits per heavy atom. The van der Waals surface area contributed by atoms with Crippen molar-refractivity contribution in [3.8, 4) is 0 Å². The normalized spacial score (nSPS) is 12.7. The molecule has 2 rings (SSSR count). The van der Waals surface area contributed by atoms with Crippen LogP contribution in [0.4, 0.5) is 0 Å². The Kier molecular flexibility index (Phi) is 5.24. The minimum absolute atomic E-state index is 0.447. The van der Waals surface area contributed by atoms with Gasteiger partial charge >= 0.3 is 0 Å². The highest BCUT2D eigenvalue weighted by atomic mass is 127. The zero-order chi connectivity index (χ0) is 13.1. The minimum Gasteiger partial charge on any atom is -0.388 e. The van der Waals surface area contributed by atoms with Gasteiger partial charge in [-0.15, -0.1) is 11.3 Å². The van der Waals surface area contributed by atoms with E-state index in [1.54, 1.807) is 11.3 Å². The van der Waals surface area contributed by atoms with Gasteiger partial charge in [0.1, 0.15) is 0 Å². The van der Waals surface area contributed by atoms with Gasteiger partial charge in [0.15, 0.2) is 0 Å². The first-order valence-electron chi connectivity index (χ1n) is 5.80.